The second-order valence-electron chi connectivity index (χ2n) is 2.85. The van der Waals surface area contributed by atoms with Crippen molar-refractivity contribution < 1.29 is 34.7 Å². The van der Waals surface area contributed by atoms with E-state index in [0.29, 0.717) is 0 Å². The summed E-state index contributed by atoms with van der Waals surface area (Å²) in [5.41, 5.74) is -2.62. The quantitative estimate of drug-likeness (QED) is 0.370. The molecule has 7 nitrogen and oxygen atoms in total. The monoisotopic (exact) mass is 207 g/mol. The van der Waals surface area contributed by atoms with E-state index in [-0.39, 0.29) is 0 Å². The molecule has 0 saturated carbocycles. The van der Waals surface area contributed by atoms with Crippen molar-refractivity contribution in [2.75, 3.05) is 13.7 Å². The number of aliphatic hydroxyl groups excluding tert-OH is 3. The van der Waals surface area contributed by atoms with Gasteiger partial charge < -0.3 is 29.9 Å². The number of hydrogen-bond acceptors (Lipinski definition) is 7. The minimum atomic E-state index is -2.62. The molecule has 0 aromatic rings. The van der Waals surface area contributed by atoms with Gasteiger partial charge in [-0.15, -0.1) is 0 Å². The first-order chi connectivity index (χ1) is 6.48. The molecule has 1 aliphatic heterocycles. The highest BCUT2D eigenvalue weighted by Crippen LogP contribution is 2.35. The van der Waals surface area contributed by atoms with Crippen LogP contribution in [0, 0.1) is 6.29 Å². The second kappa shape index (κ2) is 3.79. The minimum absolute atomic E-state index is 0.648. The van der Waals surface area contributed by atoms with Crippen LogP contribution in [0.1, 0.15) is 0 Å². The Morgan fingerprint density at radius 2 is 2.29 bits per heavy atom. The maximum Gasteiger partial charge on any atom is 0.346 e. The van der Waals surface area contributed by atoms with Crippen molar-refractivity contribution in [3.8, 4) is 0 Å². The first-order valence-corrected chi connectivity index (χ1v) is 3.81. The van der Waals surface area contributed by atoms with E-state index < -0.39 is 36.7 Å². The Kier molecular flexibility index (Phi) is 3.07. The van der Waals surface area contributed by atoms with Gasteiger partial charge in [0.05, 0.1) is 13.7 Å². The van der Waals surface area contributed by atoms with Gasteiger partial charge in [-0.2, -0.15) is 0 Å². The van der Waals surface area contributed by atoms with Crippen LogP contribution in [0.2, 0.25) is 0 Å². The van der Waals surface area contributed by atoms with Crippen molar-refractivity contribution in [3.05, 3.63) is 6.29 Å². The molecule has 1 fully saturated rings. The van der Waals surface area contributed by atoms with Crippen molar-refractivity contribution in [2.24, 2.45) is 0 Å². The van der Waals surface area contributed by atoms with Gasteiger partial charge in [-0.3, -0.25) is 0 Å². The third-order valence-corrected chi connectivity index (χ3v) is 2.05. The van der Waals surface area contributed by atoms with E-state index in [1.165, 1.54) is 0 Å². The van der Waals surface area contributed by atoms with E-state index in [0.717, 1.165) is 7.11 Å². The third kappa shape index (κ3) is 1.39. The van der Waals surface area contributed by atoms with Crippen LogP contribution in [0.25, 0.3) is 0 Å². The van der Waals surface area contributed by atoms with Gasteiger partial charge in [-0.25, -0.2) is 4.79 Å². The smallest absolute Gasteiger partial charge is 0.346 e. The van der Waals surface area contributed by atoms with E-state index in [4.69, 9.17) is 10.2 Å². The number of rotatable bonds is 2. The van der Waals surface area contributed by atoms with Crippen molar-refractivity contribution in [2.45, 2.75) is 17.8 Å². The molecule has 0 unspecified atom stereocenters. The molecule has 1 rings (SSSR count). The molecule has 4 N–H and O–H groups in total. The van der Waals surface area contributed by atoms with Gasteiger partial charge in [0.15, 0.2) is 0 Å². The van der Waals surface area contributed by atoms with Crippen LogP contribution in [-0.4, -0.2) is 57.9 Å². The lowest BCUT2D eigenvalue weighted by Crippen LogP contribution is -2.52. The molecule has 1 heterocycles. The first kappa shape index (κ1) is 11.3. The zero-order valence-corrected chi connectivity index (χ0v) is 7.38. The van der Waals surface area contributed by atoms with E-state index >= 15 is 0 Å². The molecular weight excluding hydrogens is 196 g/mol. The Bertz CT molecular complexity index is 230. The molecule has 0 aromatic carbocycles. The predicted octanol–water partition coefficient (Wildman–Crippen LogP) is -2.50. The Labute approximate surface area is 79.5 Å². The van der Waals surface area contributed by atoms with E-state index in [9.17, 15) is 15.0 Å². The van der Waals surface area contributed by atoms with E-state index in [2.05, 4.69) is 9.47 Å². The number of ether oxygens (including phenoxy) is 2. The summed E-state index contributed by atoms with van der Waals surface area (Å²) in [5.74, 6) is -1.25. The SMILES string of the molecule is COC(=O)[C@]1(O)[C](O)O[C@H](CO)[C@H]1O. The van der Waals surface area contributed by atoms with Gasteiger partial charge in [0, 0.05) is 0 Å². The summed E-state index contributed by atoms with van der Waals surface area (Å²) in [5, 5.41) is 36.7. The topological polar surface area (TPSA) is 116 Å². The highest BCUT2D eigenvalue weighted by atomic mass is 16.7. The molecule has 0 bridgehead atoms. The maximum atomic E-state index is 11.0. The van der Waals surface area contributed by atoms with Gasteiger partial charge in [0.1, 0.15) is 12.2 Å². The largest absolute Gasteiger partial charge is 0.467 e. The Morgan fingerprint density at radius 3 is 2.64 bits per heavy atom. The molecular formula is C7H11O7. The van der Waals surface area contributed by atoms with Gasteiger partial charge in [-0.05, 0) is 0 Å². The average molecular weight is 207 g/mol. The molecule has 0 amide bonds. The van der Waals surface area contributed by atoms with Crippen molar-refractivity contribution >= 4 is 5.97 Å². The summed E-state index contributed by atoms with van der Waals surface area (Å²) >= 11 is 0. The van der Waals surface area contributed by atoms with Crippen LogP contribution >= 0.6 is 0 Å². The normalized spacial score (nSPS) is 38.6. The fraction of sp³-hybridized carbons (Fsp3) is 0.714. The van der Waals surface area contributed by atoms with E-state index in [1.807, 2.05) is 0 Å². The minimum Gasteiger partial charge on any atom is -0.467 e. The van der Waals surface area contributed by atoms with Crippen LogP contribution in [0.5, 0.6) is 0 Å². The zero-order chi connectivity index (χ0) is 10.9. The average Bonchev–Trinajstić information content (AvgIpc) is 2.42. The fourth-order valence-electron chi connectivity index (χ4n) is 1.19. The second-order valence-corrected chi connectivity index (χ2v) is 2.85. The summed E-state index contributed by atoms with van der Waals surface area (Å²) in [6.07, 6.45) is -4.09. The van der Waals surface area contributed by atoms with Crippen LogP contribution in [0.3, 0.4) is 0 Å². The molecule has 7 heteroatoms. The zero-order valence-electron chi connectivity index (χ0n) is 7.38. The number of hydrogen-bond donors (Lipinski definition) is 4. The van der Waals surface area contributed by atoms with Gasteiger partial charge in [0.25, 0.3) is 11.9 Å². The molecule has 0 aliphatic carbocycles. The maximum absolute atomic E-state index is 11.0. The fourth-order valence-corrected chi connectivity index (χ4v) is 1.19. The number of carbonyl (C=O) groups is 1. The molecule has 0 spiro atoms. The highest BCUT2D eigenvalue weighted by molar-refractivity contribution is 5.82. The lowest BCUT2D eigenvalue weighted by molar-refractivity contribution is -0.177. The van der Waals surface area contributed by atoms with Crippen LogP contribution in [0.4, 0.5) is 0 Å². The van der Waals surface area contributed by atoms with Gasteiger partial charge in [-0.1, -0.05) is 0 Å². The van der Waals surface area contributed by atoms with Crippen molar-refractivity contribution in [3.63, 3.8) is 0 Å². The molecule has 14 heavy (non-hydrogen) atoms. The lowest BCUT2D eigenvalue weighted by Gasteiger charge is -2.23. The number of methoxy groups -OCH3 is 1. The van der Waals surface area contributed by atoms with Crippen LogP contribution in [0.15, 0.2) is 0 Å². The van der Waals surface area contributed by atoms with Crippen molar-refractivity contribution in [1.82, 2.24) is 0 Å². The molecule has 1 saturated heterocycles. The Morgan fingerprint density at radius 1 is 1.71 bits per heavy atom. The van der Waals surface area contributed by atoms with Crippen LogP contribution in [-0.2, 0) is 14.3 Å². The molecule has 81 valence electrons. The van der Waals surface area contributed by atoms with E-state index in [1.54, 1.807) is 0 Å². The molecule has 1 radical (unpaired) electrons. The summed E-state index contributed by atoms with van der Waals surface area (Å²) in [6, 6.07) is 0. The number of aliphatic hydroxyl groups is 4. The Hall–Kier alpha value is -0.730. The van der Waals surface area contributed by atoms with Gasteiger partial charge >= 0.3 is 5.97 Å². The lowest BCUT2D eigenvalue weighted by atomic mass is 9.95. The third-order valence-electron chi connectivity index (χ3n) is 2.05. The van der Waals surface area contributed by atoms with Crippen LogP contribution < -0.4 is 0 Å². The predicted molar refractivity (Wildman–Crippen MR) is 40.1 cm³/mol. The van der Waals surface area contributed by atoms with Crippen molar-refractivity contribution in [1.29, 1.82) is 0 Å². The number of carbonyl (C=O) groups excluding carboxylic acids is 1. The molecule has 0 aromatic heterocycles. The summed E-state index contributed by atoms with van der Waals surface area (Å²) in [7, 11) is 0.979. The molecule has 3 atom stereocenters. The Balaban J connectivity index is 2.92. The standard InChI is InChI=1S/C7H11O7/c1-13-5(10)7(12)4(9)3(2-8)14-6(7)11/h3-4,8-9,11-12H,2H2,1H3/t3-,4-,7+/m1/s1. The first-order valence-electron chi connectivity index (χ1n) is 3.81. The summed E-state index contributed by atoms with van der Waals surface area (Å²) in [6.45, 7) is -0.648. The summed E-state index contributed by atoms with van der Waals surface area (Å²) < 4.78 is 8.66. The number of esters is 1. The summed E-state index contributed by atoms with van der Waals surface area (Å²) in [4.78, 5) is 11.0. The highest BCUT2D eigenvalue weighted by Gasteiger charge is 2.62. The van der Waals surface area contributed by atoms with Gasteiger partial charge in [0.2, 0.25) is 0 Å². The molecule has 1 aliphatic rings.